The minimum atomic E-state index is -0.979. The molecule has 9 heteroatoms. The molecule has 3 N–H and O–H groups in total. The van der Waals surface area contributed by atoms with Gasteiger partial charge in [-0.2, -0.15) is 0 Å². The van der Waals surface area contributed by atoms with Gasteiger partial charge in [0, 0.05) is 23.1 Å². The molecule has 0 aliphatic rings. The molecule has 0 spiro atoms. The van der Waals surface area contributed by atoms with Crippen molar-refractivity contribution in [1.29, 1.82) is 0 Å². The van der Waals surface area contributed by atoms with Gasteiger partial charge in [-0.25, -0.2) is 0 Å². The van der Waals surface area contributed by atoms with Crippen molar-refractivity contribution >= 4 is 16.9 Å². The summed E-state index contributed by atoms with van der Waals surface area (Å²) in [5.41, 5.74) is 0.146. The minimum absolute atomic E-state index is 0.0739. The monoisotopic (exact) mass is 520 g/mol. The van der Waals surface area contributed by atoms with Crippen molar-refractivity contribution in [3.63, 3.8) is 0 Å². The third kappa shape index (κ3) is 4.95. The van der Waals surface area contributed by atoms with Crippen molar-refractivity contribution in [3.05, 3.63) is 75.9 Å². The number of carbonyl (C=O) groups is 1. The molecule has 0 amide bonds. The molecule has 4 aromatic rings. The number of methoxy groups -OCH3 is 2. The van der Waals surface area contributed by atoms with Crippen molar-refractivity contribution in [3.8, 4) is 40.1 Å². The van der Waals surface area contributed by atoms with Crippen LogP contribution in [-0.4, -0.2) is 41.6 Å². The largest absolute Gasteiger partial charge is 0.504 e. The van der Waals surface area contributed by atoms with Gasteiger partial charge >= 0.3 is 5.97 Å². The predicted octanol–water partition coefficient (Wildman–Crippen LogP) is 5.07. The summed E-state index contributed by atoms with van der Waals surface area (Å²) in [6.07, 6.45) is -0.427. The molecule has 0 bridgehead atoms. The Balaban J connectivity index is 2.05. The lowest BCUT2D eigenvalue weighted by Crippen LogP contribution is -2.13. The summed E-state index contributed by atoms with van der Waals surface area (Å²) < 4.78 is 22.3. The maximum atomic E-state index is 13.2. The number of aromatic hydroxyl groups is 3. The van der Waals surface area contributed by atoms with Crippen LogP contribution in [0.15, 0.2) is 63.8 Å². The zero-order chi connectivity index (χ0) is 27.6. The van der Waals surface area contributed by atoms with E-state index in [0.29, 0.717) is 22.6 Å². The van der Waals surface area contributed by atoms with E-state index in [4.69, 9.17) is 18.6 Å². The van der Waals surface area contributed by atoms with Crippen LogP contribution in [0.3, 0.4) is 0 Å². The zero-order valence-electron chi connectivity index (χ0n) is 21.3. The topological polar surface area (TPSA) is 136 Å². The lowest BCUT2D eigenvalue weighted by molar-refractivity contribution is -0.140. The van der Waals surface area contributed by atoms with E-state index in [1.165, 1.54) is 20.3 Å². The molecule has 198 valence electrons. The molecule has 1 unspecified atom stereocenters. The van der Waals surface area contributed by atoms with Crippen LogP contribution in [0.1, 0.15) is 37.3 Å². The molecule has 1 heterocycles. The number of fused-ring (bicyclic) bond motifs is 1. The molecule has 3 aromatic carbocycles. The summed E-state index contributed by atoms with van der Waals surface area (Å²) in [5.74, 6) is -3.08. The fourth-order valence-corrected chi connectivity index (χ4v) is 4.33. The van der Waals surface area contributed by atoms with Crippen molar-refractivity contribution in [2.75, 3.05) is 14.2 Å². The highest BCUT2D eigenvalue weighted by Crippen LogP contribution is 2.50. The highest BCUT2D eigenvalue weighted by atomic mass is 16.5. The van der Waals surface area contributed by atoms with Gasteiger partial charge in [-0.05, 0) is 31.5 Å². The number of carbonyl (C=O) groups excluding carboxylic acids is 1. The second kappa shape index (κ2) is 10.8. The van der Waals surface area contributed by atoms with E-state index in [0.717, 1.165) is 0 Å². The predicted molar refractivity (Wildman–Crippen MR) is 140 cm³/mol. The van der Waals surface area contributed by atoms with Crippen LogP contribution in [-0.2, 0) is 9.53 Å². The number of hydrogen-bond acceptors (Lipinski definition) is 9. The van der Waals surface area contributed by atoms with Crippen molar-refractivity contribution in [1.82, 2.24) is 0 Å². The Morgan fingerprint density at radius 2 is 1.63 bits per heavy atom. The second-order valence-corrected chi connectivity index (χ2v) is 8.91. The molecule has 0 saturated heterocycles. The number of phenolic OH excluding ortho intramolecular Hbond substituents is 3. The van der Waals surface area contributed by atoms with Crippen LogP contribution in [0.5, 0.6) is 28.7 Å². The summed E-state index contributed by atoms with van der Waals surface area (Å²) in [5, 5.41) is 31.9. The molecule has 1 atom stereocenters. The summed E-state index contributed by atoms with van der Waals surface area (Å²) >= 11 is 0. The fourth-order valence-electron chi connectivity index (χ4n) is 4.33. The number of phenols is 3. The Bertz CT molecular complexity index is 1540. The van der Waals surface area contributed by atoms with E-state index in [1.54, 1.807) is 48.5 Å². The summed E-state index contributed by atoms with van der Waals surface area (Å²) in [4.78, 5) is 25.7. The standard InChI is InChI=1S/C29H28O9/c1-15(2)37-20-11-10-17(12-22(20)35-3)18(13-23(31)36-4)24-26(32)28(34)27(33)25-19(30)14-21(38-29(24)25)16-8-6-5-7-9-16/h5-12,14-15,18,32-34H,13H2,1-4H3. The minimum Gasteiger partial charge on any atom is -0.504 e. The second-order valence-electron chi connectivity index (χ2n) is 8.91. The Hall–Kier alpha value is -4.66. The normalized spacial score (nSPS) is 11.9. The number of benzene rings is 3. The van der Waals surface area contributed by atoms with Crippen LogP contribution >= 0.6 is 0 Å². The van der Waals surface area contributed by atoms with Crippen LogP contribution in [0.4, 0.5) is 0 Å². The van der Waals surface area contributed by atoms with E-state index in [9.17, 15) is 24.9 Å². The van der Waals surface area contributed by atoms with E-state index in [1.807, 2.05) is 13.8 Å². The smallest absolute Gasteiger partial charge is 0.306 e. The van der Waals surface area contributed by atoms with Gasteiger partial charge in [0.15, 0.2) is 28.4 Å². The summed E-state index contributed by atoms with van der Waals surface area (Å²) in [6, 6.07) is 14.9. The Labute approximate surface area is 218 Å². The average Bonchev–Trinajstić information content (AvgIpc) is 2.91. The SMILES string of the molecule is COC(=O)CC(c1ccc(OC(C)C)c(OC)c1)c1c(O)c(O)c(O)c2c(=O)cc(-c3ccccc3)oc12. The third-order valence-corrected chi connectivity index (χ3v) is 6.09. The molecule has 38 heavy (non-hydrogen) atoms. The molecular formula is C29H28O9. The van der Waals surface area contributed by atoms with Crippen LogP contribution in [0, 0.1) is 0 Å². The van der Waals surface area contributed by atoms with Gasteiger partial charge in [0.2, 0.25) is 5.75 Å². The van der Waals surface area contributed by atoms with Crippen molar-refractivity contribution in [2.24, 2.45) is 0 Å². The van der Waals surface area contributed by atoms with E-state index in [2.05, 4.69) is 0 Å². The molecule has 0 aliphatic carbocycles. The molecule has 0 radical (unpaired) electrons. The molecule has 0 fully saturated rings. The highest BCUT2D eigenvalue weighted by Gasteiger charge is 2.31. The van der Waals surface area contributed by atoms with Gasteiger partial charge < -0.3 is 33.9 Å². The lowest BCUT2D eigenvalue weighted by Gasteiger charge is -2.22. The first-order chi connectivity index (χ1) is 18.2. The van der Waals surface area contributed by atoms with Crippen LogP contribution in [0.25, 0.3) is 22.3 Å². The molecule has 9 nitrogen and oxygen atoms in total. The maximum Gasteiger partial charge on any atom is 0.306 e. The van der Waals surface area contributed by atoms with Gasteiger partial charge in [-0.1, -0.05) is 36.4 Å². The zero-order valence-corrected chi connectivity index (χ0v) is 21.3. The average molecular weight is 521 g/mol. The number of esters is 1. The van der Waals surface area contributed by atoms with E-state index < -0.39 is 34.6 Å². The van der Waals surface area contributed by atoms with Crippen LogP contribution < -0.4 is 14.9 Å². The van der Waals surface area contributed by atoms with Crippen molar-refractivity contribution in [2.45, 2.75) is 32.3 Å². The van der Waals surface area contributed by atoms with E-state index >= 15 is 0 Å². The molecular weight excluding hydrogens is 492 g/mol. The van der Waals surface area contributed by atoms with Gasteiger partial charge in [0.1, 0.15) is 16.7 Å². The van der Waals surface area contributed by atoms with Gasteiger partial charge in [0.05, 0.1) is 26.7 Å². The third-order valence-electron chi connectivity index (χ3n) is 6.09. The number of hydrogen-bond donors (Lipinski definition) is 3. The van der Waals surface area contributed by atoms with Gasteiger partial charge in [0.25, 0.3) is 0 Å². The highest BCUT2D eigenvalue weighted by molar-refractivity contribution is 5.93. The Morgan fingerprint density at radius 3 is 2.26 bits per heavy atom. The van der Waals surface area contributed by atoms with Gasteiger partial charge in [-0.15, -0.1) is 0 Å². The quantitative estimate of drug-likeness (QED) is 0.215. The summed E-state index contributed by atoms with van der Waals surface area (Å²) in [6.45, 7) is 3.73. The number of rotatable bonds is 8. The van der Waals surface area contributed by atoms with Crippen molar-refractivity contribution < 1.29 is 38.7 Å². The molecule has 1 aromatic heterocycles. The first-order valence-corrected chi connectivity index (χ1v) is 11.9. The maximum absolute atomic E-state index is 13.2. The summed E-state index contributed by atoms with van der Waals surface area (Å²) in [7, 11) is 2.69. The number of ether oxygens (including phenoxy) is 3. The molecule has 4 rings (SSSR count). The Kier molecular flexibility index (Phi) is 7.47. The first-order valence-electron chi connectivity index (χ1n) is 11.9. The van der Waals surface area contributed by atoms with Crippen LogP contribution in [0.2, 0.25) is 0 Å². The fraction of sp³-hybridized carbons (Fsp3) is 0.241. The van der Waals surface area contributed by atoms with E-state index in [-0.39, 0.29) is 34.8 Å². The Morgan fingerprint density at radius 1 is 0.921 bits per heavy atom. The molecule has 0 aliphatic heterocycles. The van der Waals surface area contributed by atoms with Gasteiger partial charge in [-0.3, -0.25) is 9.59 Å². The molecule has 0 saturated carbocycles. The lowest BCUT2D eigenvalue weighted by atomic mass is 9.86. The first kappa shape index (κ1) is 26.4.